The molecule has 0 N–H and O–H groups in total. The number of hydrogen-bond donors (Lipinski definition) is 0. The lowest BCUT2D eigenvalue weighted by Crippen LogP contribution is -1.84. The first-order chi connectivity index (χ1) is 7.18. The van der Waals surface area contributed by atoms with Crippen molar-refractivity contribution in [1.82, 2.24) is 4.98 Å². The average molecular weight is 284 g/mol. The van der Waals surface area contributed by atoms with E-state index in [1.165, 1.54) is 5.56 Å². The highest BCUT2D eigenvalue weighted by molar-refractivity contribution is 9.10. The first kappa shape index (κ1) is 10.8. The highest BCUT2D eigenvalue weighted by Gasteiger charge is 2.09. The van der Waals surface area contributed by atoms with E-state index in [1.807, 2.05) is 25.3 Å². The number of rotatable bonds is 2. The summed E-state index contributed by atoms with van der Waals surface area (Å²) in [6.45, 7) is 4.00. The maximum Gasteiger partial charge on any atom is 0.115 e. The zero-order valence-electron chi connectivity index (χ0n) is 8.45. The molecule has 2 rings (SSSR count). The van der Waals surface area contributed by atoms with Crippen LogP contribution in [0.3, 0.4) is 0 Å². The Labute approximate surface area is 101 Å². The topological polar surface area (TPSA) is 26.0 Å². The molecule has 0 saturated heterocycles. The number of aromatic nitrogens is 1. The molecular weight excluding hydrogens is 274 g/mol. The molecule has 0 atom stereocenters. The van der Waals surface area contributed by atoms with Crippen LogP contribution in [0.25, 0.3) is 0 Å². The molecule has 0 aliphatic rings. The molecule has 15 heavy (non-hydrogen) atoms. The summed E-state index contributed by atoms with van der Waals surface area (Å²) in [4.78, 5) is 5.43. The van der Waals surface area contributed by atoms with Gasteiger partial charge in [0.15, 0.2) is 0 Å². The van der Waals surface area contributed by atoms with Crippen molar-refractivity contribution in [3.8, 4) is 0 Å². The summed E-state index contributed by atoms with van der Waals surface area (Å²) in [6, 6.07) is 3.94. The Bertz CT molecular complexity index is 481. The van der Waals surface area contributed by atoms with Crippen LogP contribution in [-0.2, 0) is 0 Å². The van der Waals surface area contributed by atoms with Crippen LogP contribution in [0.1, 0.15) is 11.3 Å². The molecule has 0 aromatic carbocycles. The van der Waals surface area contributed by atoms with Gasteiger partial charge in [-0.25, -0.2) is 4.98 Å². The van der Waals surface area contributed by atoms with Crippen molar-refractivity contribution in [1.29, 1.82) is 0 Å². The number of furan rings is 1. The number of hydrogen-bond acceptors (Lipinski definition) is 3. The van der Waals surface area contributed by atoms with Crippen molar-refractivity contribution >= 4 is 27.7 Å². The van der Waals surface area contributed by atoms with Gasteiger partial charge in [0.25, 0.3) is 0 Å². The minimum Gasteiger partial charge on any atom is -0.468 e. The minimum absolute atomic E-state index is 0.926. The van der Waals surface area contributed by atoms with Gasteiger partial charge < -0.3 is 4.42 Å². The Morgan fingerprint density at radius 1 is 1.33 bits per heavy atom. The summed E-state index contributed by atoms with van der Waals surface area (Å²) in [5.41, 5.74) is 1.19. The largest absolute Gasteiger partial charge is 0.468 e. The van der Waals surface area contributed by atoms with Gasteiger partial charge in [-0.1, -0.05) is 11.8 Å². The van der Waals surface area contributed by atoms with E-state index in [4.69, 9.17) is 4.42 Å². The molecule has 0 amide bonds. The quantitative estimate of drug-likeness (QED) is 0.826. The number of nitrogens with zero attached hydrogens (tertiary/aromatic N) is 1. The van der Waals surface area contributed by atoms with Crippen LogP contribution >= 0.6 is 27.7 Å². The first-order valence-electron chi connectivity index (χ1n) is 4.51. The fourth-order valence-corrected chi connectivity index (χ4v) is 2.54. The molecule has 2 nitrogen and oxygen atoms in total. The van der Waals surface area contributed by atoms with Crippen LogP contribution in [0.5, 0.6) is 0 Å². The van der Waals surface area contributed by atoms with Gasteiger partial charge in [-0.15, -0.1) is 0 Å². The lowest BCUT2D eigenvalue weighted by atomic mass is 10.3. The predicted octanol–water partition coefficient (Wildman–Crippen LogP) is 4.21. The maximum absolute atomic E-state index is 5.24. The smallest absolute Gasteiger partial charge is 0.115 e. The predicted molar refractivity (Wildman–Crippen MR) is 64.2 cm³/mol. The fraction of sp³-hybridized carbons (Fsp3) is 0.182. The second-order valence-electron chi connectivity index (χ2n) is 3.19. The third-order valence-electron chi connectivity index (χ3n) is 2.07. The Morgan fingerprint density at radius 3 is 2.80 bits per heavy atom. The Hall–Kier alpha value is -0.740. The van der Waals surface area contributed by atoms with Gasteiger partial charge in [0.1, 0.15) is 10.8 Å². The third-order valence-corrected chi connectivity index (χ3v) is 4.48. The van der Waals surface area contributed by atoms with Crippen LogP contribution < -0.4 is 0 Å². The highest BCUT2D eigenvalue weighted by atomic mass is 79.9. The number of pyridine rings is 1. The average Bonchev–Trinajstić information content (AvgIpc) is 2.60. The number of aryl methyl sites for hydroxylation is 2. The van der Waals surface area contributed by atoms with Crippen molar-refractivity contribution in [3.63, 3.8) is 0 Å². The zero-order valence-corrected chi connectivity index (χ0v) is 10.9. The van der Waals surface area contributed by atoms with Crippen molar-refractivity contribution in [2.45, 2.75) is 23.8 Å². The van der Waals surface area contributed by atoms with Crippen LogP contribution in [0.15, 0.2) is 43.4 Å². The van der Waals surface area contributed by atoms with Crippen LogP contribution in [-0.4, -0.2) is 4.98 Å². The van der Waals surface area contributed by atoms with E-state index >= 15 is 0 Å². The maximum atomic E-state index is 5.24. The van der Waals surface area contributed by atoms with Crippen LogP contribution in [0, 0.1) is 13.8 Å². The van der Waals surface area contributed by atoms with Crippen molar-refractivity contribution in [3.05, 3.63) is 40.4 Å². The Morgan fingerprint density at radius 2 is 2.13 bits per heavy atom. The van der Waals surface area contributed by atoms with E-state index in [-0.39, 0.29) is 0 Å². The molecule has 0 saturated carbocycles. The van der Waals surface area contributed by atoms with Gasteiger partial charge in [-0.05, 0) is 47.5 Å². The molecule has 2 aromatic rings. The van der Waals surface area contributed by atoms with E-state index < -0.39 is 0 Å². The van der Waals surface area contributed by atoms with Gasteiger partial charge in [-0.2, -0.15) is 0 Å². The lowest BCUT2D eigenvalue weighted by Gasteiger charge is -2.04. The summed E-state index contributed by atoms with van der Waals surface area (Å²) in [5, 5.41) is 0.972. The molecule has 0 spiro atoms. The highest BCUT2D eigenvalue weighted by Crippen LogP contribution is 2.35. The van der Waals surface area contributed by atoms with Gasteiger partial charge in [0.05, 0.1) is 15.6 Å². The zero-order chi connectivity index (χ0) is 10.8. The van der Waals surface area contributed by atoms with Gasteiger partial charge >= 0.3 is 0 Å². The van der Waals surface area contributed by atoms with Crippen molar-refractivity contribution < 1.29 is 4.42 Å². The molecular formula is C11H10BrNOS. The second kappa shape index (κ2) is 4.41. The summed E-state index contributed by atoms with van der Waals surface area (Å²) >= 11 is 5.15. The molecule has 0 aliphatic heterocycles. The van der Waals surface area contributed by atoms with E-state index in [9.17, 15) is 0 Å². The Balaban J connectivity index is 2.33. The van der Waals surface area contributed by atoms with E-state index in [1.54, 1.807) is 18.0 Å². The molecule has 0 unspecified atom stereocenters. The summed E-state index contributed by atoms with van der Waals surface area (Å²) in [6.07, 6.45) is 3.51. The third kappa shape index (κ3) is 2.26. The Kier molecular flexibility index (Phi) is 3.17. The monoisotopic (exact) mass is 283 g/mol. The van der Waals surface area contributed by atoms with Crippen molar-refractivity contribution in [2.24, 2.45) is 0 Å². The minimum atomic E-state index is 0.926. The van der Waals surface area contributed by atoms with Gasteiger partial charge in [-0.3, -0.25) is 0 Å². The summed E-state index contributed by atoms with van der Waals surface area (Å²) in [5.74, 6) is 0.926. The lowest BCUT2D eigenvalue weighted by molar-refractivity contribution is 0.527. The van der Waals surface area contributed by atoms with Crippen LogP contribution in [0.4, 0.5) is 0 Å². The van der Waals surface area contributed by atoms with Gasteiger partial charge in [0, 0.05) is 6.20 Å². The normalized spacial score (nSPS) is 10.6. The van der Waals surface area contributed by atoms with Crippen LogP contribution in [0.2, 0.25) is 0 Å². The molecule has 2 aromatic heterocycles. The number of halogens is 1. The van der Waals surface area contributed by atoms with E-state index in [0.717, 1.165) is 20.2 Å². The second-order valence-corrected chi connectivity index (χ2v) is 5.01. The molecule has 0 radical (unpaired) electrons. The molecule has 4 heteroatoms. The summed E-state index contributed by atoms with van der Waals surface area (Å²) < 4.78 is 6.29. The molecule has 0 bridgehead atoms. The fourth-order valence-electron chi connectivity index (χ4n) is 1.17. The van der Waals surface area contributed by atoms with Crippen molar-refractivity contribution in [2.75, 3.05) is 0 Å². The molecule has 2 heterocycles. The van der Waals surface area contributed by atoms with E-state index in [2.05, 4.69) is 27.8 Å². The standard InChI is InChI=1S/C11H10BrNOS/c1-7-3-5-13-11(10(7)12)15-9-4-6-14-8(9)2/h3-6H,1-2H3. The van der Waals surface area contributed by atoms with Gasteiger partial charge in [0.2, 0.25) is 0 Å². The molecule has 78 valence electrons. The first-order valence-corrected chi connectivity index (χ1v) is 6.12. The van der Waals surface area contributed by atoms with E-state index in [0.29, 0.717) is 0 Å². The molecule has 0 aliphatic carbocycles. The summed E-state index contributed by atoms with van der Waals surface area (Å²) in [7, 11) is 0. The molecule has 0 fully saturated rings. The SMILES string of the molecule is Cc1ccnc(Sc2ccoc2C)c1Br.